The zero-order valence-corrected chi connectivity index (χ0v) is 8.46. The normalized spacial score (nSPS) is 16.0. The molecule has 0 aromatic rings. The molecule has 0 rings (SSSR count). The van der Waals surface area contributed by atoms with Crippen LogP contribution in [0.4, 0.5) is 0 Å². The van der Waals surface area contributed by atoms with Crippen LogP contribution in [0.5, 0.6) is 0 Å². The molecule has 64 valence electrons. The highest BCUT2D eigenvalue weighted by atomic mass is 32.2. The number of thioether (sulfide) groups is 1. The quantitative estimate of drug-likeness (QED) is 0.700. The van der Waals surface area contributed by atoms with Gasteiger partial charge in [-0.15, -0.1) is 0 Å². The molecule has 1 unspecified atom stereocenters. The van der Waals surface area contributed by atoms with Crippen LogP contribution in [0.15, 0.2) is 0 Å². The molecule has 0 spiro atoms. The standard InChI is InChI=1S/C8H16N2S/c1-7(2)11-6-8(3,5-9)10-4/h7,10H,6H2,1-4H3. The van der Waals surface area contributed by atoms with Gasteiger partial charge in [-0.05, 0) is 19.2 Å². The summed E-state index contributed by atoms with van der Waals surface area (Å²) in [7, 11) is 1.82. The molecule has 0 aliphatic carbocycles. The summed E-state index contributed by atoms with van der Waals surface area (Å²) in [6.45, 7) is 6.19. The molecule has 0 saturated carbocycles. The second-order valence-electron chi connectivity index (χ2n) is 3.05. The summed E-state index contributed by atoms with van der Waals surface area (Å²) in [5, 5.41) is 12.4. The Morgan fingerprint density at radius 2 is 2.18 bits per heavy atom. The first-order valence-electron chi connectivity index (χ1n) is 3.76. The Balaban J connectivity index is 3.81. The molecule has 0 aliphatic rings. The molecule has 1 N–H and O–H groups in total. The number of hydrogen-bond donors (Lipinski definition) is 1. The Bertz CT molecular complexity index is 151. The average Bonchev–Trinajstić information content (AvgIpc) is 2.00. The fourth-order valence-corrected chi connectivity index (χ4v) is 1.37. The zero-order valence-electron chi connectivity index (χ0n) is 7.64. The van der Waals surface area contributed by atoms with Crippen LogP contribution in [0.2, 0.25) is 0 Å². The average molecular weight is 172 g/mol. The lowest BCUT2D eigenvalue weighted by Crippen LogP contribution is -2.40. The summed E-state index contributed by atoms with van der Waals surface area (Å²) in [6, 6.07) is 2.25. The molecule has 0 fully saturated rings. The van der Waals surface area contributed by atoms with Crippen molar-refractivity contribution in [1.29, 1.82) is 5.26 Å². The van der Waals surface area contributed by atoms with Gasteiger partial charge < -0.3 is 5.32 Å². The van der Waals surface area contributed by atoms with E-state index in [0.29, 0.717) is 5.25 Å². The van der Waals surface area contributed by atoms with Crippen molar-refractivity contribution in [2.45, 2.75) is 31.6 Å². The van der Waals surface area contributed by atoms with Gasteiger partial charge in [0.15, 0.2) is 0 Å². The molecule has 0 heterocycles. The van der Waals surface area contributed by atoms with Gasteiger partial charge in [0.05, 0.1) is 6.07 Å². The van der Waals surface area contributed by atoms with Crippen molar-refractivity contribution in [3.05, 3.63) is 0 Å². The van der Waals surface area contributed by atoms with E-state index in [1.54, 1.807) is 11.8 Å². The van der Waals surface area contributed by atoms with Crippen LogP contribution in [0.3, 0.4) is 0 Å². The Morgan fingerprint density at radius 3 is 2.45 bits per heavy atom. The van der Waals surface area contributed by atoms with Crippen LogP contribution in [-0.4, -0.2) is 23.6 Å². The molecule has 0 saturated heterocycles. The van der Waals surface area contributed by atoms with Gasteiger partial charge in [0.1, 0.15) is 5.54 Å². The molecule has 0 aromatic heterocycles. The molecule has 0 radical (unpaired) electrons. The summed E-state index contributed by atoms with van der Waals surface area (Å²) in [4.78, 5) is 0. The molecular formula is C8H16N2S. The van der Waals surface area contributed by atoms with Crippen LogP contribution < -0.4 is 5.32 Å². The van der Waals surface area contributed by atoms with Crippen molar-refractivity contribution in [2.24, 2.45) is 0 Å². The van der Waals surface area contributed by atoms with Gasteiger partial charge in [-0.3, -0.25) is 0 Å². The monoisotopic (exact) mass is 172 g/mol. The first-order valence-corrected chi connectivity index (χ1v) is 4.80. The Morgan fingerprint density at radius 1 is 1.64 bits per heavy atom. The van der Waals surface area contributed by atoms with E-state index < -0.39 is 0 Å². The minimum absolute atomic E-state index is 0.366. The third-order valence-electron chi connectivity index (χ3n) is 1.50. The van der Waals surface area contributed by atoms with Gasteiger partial charge in [-0.2, -0.15) is 17.0 Å². The lowest BCUT2D eigenvalue weighted by atomic mass is 10.1. The highest BCUT2D eigenvalue weighted by Crippen LogP contribution is 2.16. The summed E-state index contributed by atoms with van der Waals surface area (Å²) in [5.74, 6) is 0.845. The second kappa shape index (κ2) is 4.63. The molecule has 0 aliphatic heterocycles. The van der Waals surface area contributed by atoms with E-state index in [2.05, 4.69) is 25.2 Å². The van der Waals surface area contributed by atoms with Crippen molar-refractivity contribution in [3.63, 3.8) is 0 Å². The van der Waals surface area contributed by atoms with Gasteiger partial charge in [0.25, 0.3) is 0 Å². The molecule has 0 aromatic carbocycles. The lowest BCUT2D eigenvalue weighted by Gasteiger charge is -2.20. The van der Waals surface area contributed by atoms with E-state index >= 15 is 0 Å². The van der Waals surface area contributed by atoms with Gasteiger partial charge in [-0.25, -0.2) is 0 Å². The Kier molecular flexibility index (Phi) is 4.55. The fraction of sp³-hybridized carbons (Fsp3) is 0.875. The number of rotatable bonds is 4. The van der Waals surface area contributed by atoms with Gasteiger partial charge in [0, 0.05) is 5.75 Å². The molecule has 1 atom stereocenters. The second-order valence-corrected chi connectivity index (χ2v) is 4.62. The summed E-state index contributed by atoms with van der Waals surface area (Å²) in [5.41, 5.74) is -0.366. The van der Waals surface area contributed by atoms with E-state index in [4.69, 9.17) is 5.26 Å². The zero-order chi connectivity index (χ0) is 8.91. The number of nitrogens with one attached hydrogen (secondary N) is 1. The van der Waals surface area contributed by atoms with Crippen LogP contribution >= 0.6 is 11.8 Å². The van der Waals surface area contributed by atoms with Crippen LogP contribution in [0, 0.1) is 11.3 Å². The van der Waals surface area contributed by atoms with E-state index in [1.807, 2.05) is 14.0 Å². The summed E-state index contributed by atoms with van der Waals surface area (Å²) in [6.07, 6.45) is 0. The van der Waals surface area contributed by atoms with Crippen molar-refractivity contribution in [1.82, 2.24) is 5.32 Å². The van der Waals surface area contributed by atoms with Gasteiger partial charge in [-0.1, -0.05) is 13.8 Å². The fourth-order valence-electron chi connectivity index (χ4n) is 0.494. The molecule has 0 amide bonds. The van der Waals surface area contributed by atoms with Crippen LogP contribution in [0.25, 0.3) is 0 Å². The van der Waals surface area contributed by atoms with Crippen molar-refractivity contribution in [2.75, 3.05) is 12.8 Å². The Labute approximate surface area is 73.4 Å². The third-order valence-corrected chi connectivity index (χ3v) is 2.91. The minimum atomic E-state index is -0.366. The van der Waals surface area contributed by atoms with Crippen molar-refractivity contribution >= 4 is 11.8 Å². The molecule has 3 heteroatoms. The number of nitriles is 1. The predicted octanol–water partition coefficient (Wildman–Crippen LogP) is 1.63. The van der Waals surface area contributed by atoms with Crippen LogP contribution in [-0.2, 0) is 0 Å². The summed E-state index contributed by atoms with van der Waals surface area (Å²) >= 11 is 1.80. The maximum absolute atomic E-state index is 8.77. The molecule has 0 bridgehead atoms. The number of hydrogen-bond acceptors (Lipinski definition) is 3. The van der Waals surface area contributed by atoms with E-state index in [-0.39, 0.29) is 5.54 Å². The lowest BCUT2D eigenvalue weighted by molar-refractivity contribution is 0.550. The SMILES string of the molecule is CNC(C)(C#N)CSC(C)C. The maximum atomic E-state index is 8.77. The first-order chi connectivity index (χ1) is 5.04. The van der Waals surface area contributed by atoms with E-state index in [1.165, 1.54) is 0 Å². The van der Waals surface area contributed by atoms with E-state index in [0.717, 1.165) is 5.75 Å². The molecule has 2 nitrogen and oxygen atoms in total. The molecule has 11 heavy (non-hydrogen) atoms. The highest BCUT2D eigenvalue weighted by molar-refractivity contribution is 7.99. The van der Waals surface area contributed by atoms with Gasteiger partial charge >= 0.3 is 0 Å². The Hall–Kier alpha value is -0.200. The highest BCUT2D eigenvalue weighted by Gasteiger charge is 2.20. The van der Waals surface area contributed by atoms with Gasteiger partial charge in [0.2, 0.25) is 0 Å². The number of nitrogens with zero attached hydrogens (tertiary/aromatic N) is 1. The first kappa shape index (κ1) is 10.8. The van der Waals surface area contributed by atoms with Crippen molar-refractivity contribution in [3.8, 4) is 6.07 Å². The predicted molar refractivity (Wildman–Crippen MR) is 50.7 cm³/mol. The largest absolute Gasteiger partial charge is 0.302 e. The molecular weight excluding hydrogens is 156 g/mol. The maximum Gasteiger partial charge on any atom is 0.112 e. The van der Waals surface area contributed by atoms with Crippen LogP contribution in [0.1, 0.15) is 20.8 Å². The van der Waals surface area contributed by atoms with Crippen molar-refractivity contribution < 1.29 is 0 Å². The minimum Gasteiger partial charge on any atom is -0.302 e. The summed E-state index contributed by atoms with van der Waals surface area (Å²) < 4.78 is 0. The smallest absolute Gasteiger partial charge is 0.112 e. The van der Waals surface area contributed by atoms with E-state index in [9.17, 15) is 0 Å². The topological polar surface area (TPSA) is 35.8 Å². The third kappa shape index (κ3) is 4.28.